The predicted molar refractivity (Wildman–Crippen MR) is 112 cm³/mol. The van der Waals surface area contributed by atoms with Gasteiger partial charge in [-0.2, -0.15) is 0 Å². The second-order valence-electron chi connectivity index (χ2n) is 7.47. The van der Waals surface area contributed by atoms with Crippen LogP contribution in [0, 0.1) is 12.8 Å². The minimum absolute atomic E-state index is 0.128. The zero-order valence-corrected chi connectivity index (χ0v) is 16.5. The van der Waals surface area contributed by atoms with E-state index in [4.69, 9.17) is 0 Å². The van der Waals surface area contributed by atoms with Gasteiger partial charge in [-0.05, 0) is 49.1 Å². The minimum atomic E-state index is 0.128. The number of amides is 1. The first-order chi connectivity index (χ1) is 13.2. The highest BCUT2D eigenvalue weighted by Crippen LogP contribution is 2.22. The SMILES string of the molecule is CCN(CC(=O)NCC1CCN(c2ccccc2)C1)Cc1ccccc1C. The molecule has 144 valence electrons. The van der Waals surface area contributed by atoms with E-state index < -0.39 is 0 Å². The molecule has 1 amide bonds. The van der Waals surface area contributed by atoms with E-state index in [1.165, 1.54) is 16.8 Å². The van der Waals surface area contributed by atoms with Crippen molar-refractivity contribution in [1.82, 2.24) is 10.2 Å². The average molecular weight is 366 g/mol. The number of benzene rings is 2. The second kappa shape index (κ2) is 9.56. The Bertz CT molecular complexity index is 731. The number of aryl methyl sites for hydroxylation is 1. The molecular formula is C23H31N3O. The van der Waals surface area contributed by atoms with Gasteiger partial charge < -0.3 is 10.2 Å². The van der Waals surface area contributed by atoms with Gasteiger partial charge in [0.15, 0.2) is 0 Å². The molecule has 1 N–H and O–H groups in total. The van der Waals surface area contributed by atoms with Crippen molar-refractivity contribution in [2.45, 2.75) is 26.8 Å². The first kappa shape index (κ1) is 19.4. The van der Waals surface area contributed by atoms with Crippen LogP contribution >= 0.6 is 0 Å². The van der Waals surface area contributed by atoms with Crippen LogP contribution in [0.3, 0.4) is 0 Å². The third kappa shape index (κ3) is 5.57. The molecule has 4 heteroatoms. The average Bonchev–Trinajstić information content (AvgIpc) is 3.17. The molecule has 0 spiro atoms. The van der Waals surface area contributed by atoms with E-state index in [0.29, 0.717) is 12.5 Å². The Kier molecular flexibility index (Phi) is 6.88. The quantitative estimate of drug-likeness (QED) is 0.778. The lowest BCUT2D eigenvalue weighted by molar-refractivity contribution is -0.122. The highest BCUT2D eigenvalue weighted by molar-refractivity contribution is 5.78. The molecule has 0 bridgehead atoms. The van der Waals surface area contributed by atoms with Gasteiger partial charge in [0.2, 0.25) is 5.91 Å². The number of para-hydroxylation sites is 1. The molecular weight excluding hydrogens is 334 g/mol. The lowest BCUT2D eigenvalue weighted by atomic mass is 10.1. The maximum atomic E-state index is 12.4. The minimum Gasteiger partial charge on any atom is -0.371 e. The summed E-state index contributed by atoms with van der Waals surface area (Å²) < 4.78 is 0. The number of carbonyl (C=O) groups is 1. The third-order valence-electron chi connectivity index (χ3n) is 5.46. The van der Waals surface area contributed by atoms with Crippen molar-refractivity contribution >= 4 is 11.6 Å². The number of likely N-dealkylation sites (N-methyl/N-ethyl adjacent to an activating group) is 1. The molecule has 0 aromatic heterocycles. The van der Waals surface area contributed by atoms with E-state index >= 15 is 0 Å². The number of rotatable bonds is 8. The monoisotopic (exact) mass is 365 g/mol. The third-order valence-corrected chi connectivity index (χ3v) is 5.46. The number of nitrogens with one attached hydrogen (secondary N) is 1. The summed E-state index contributed by atoms with van der Waals surface area (Å²) in [5.74, 6) is 0.657. The molecule has 3 rings (SSSR count). The van der Waals surface area contributed by atoms with Gasteiger partial charge >= 0.3 is 0 Å². The van der Waals surface area contributed by atoms with Gasteiger partial charge in [0.05, 0.1) is 6.54 Å². The largest absolute Gasteiger partial charge is 0.371 e. The number of anilines is 1. The van der Waals surface area contributed by atoms with E-state index in [1.54, 1.807) is 0 Å². The van der Waals surface area contributed by atoms with E-state index in [9.17, 15) is 4.79 Å². The Hall–Kier alpha value is -2.33. The standard InChI is InChI=1S/C23H31N3O/c1-3-25(17-21-10-8-7-9-19(21)2)18-23(27)24-15-20-13-14-26(16-20)22-11-5-4-6-12-22/h4-12,20H,3,13-18H2,1-2H3,(H,24,27). The van der Waals surface area contributed by atoms with Crippen molar-refractivity contribution < 1.29 is 4.79 Å². The van der Waals surface area contributed by atoms with Crippen LogP contribution in [0.5, 0.6) is 0 Å². The second-order valence-corrected chi connectivity index (χ2v) is 7.47. The molecule has 2 aromatic carbocycles. The highest BCUT2D eigenvalue weighted by Gasteiger charge is 2.23. The fourth-order valence-corrected chi connectivity index (χ4v) is 3.70. The molecule has 1 aliphatic rings. The molecule has 27 heavy (non-hydrogen) atoms. The van der Waals surface area contributed by atoms with Crippen molar-refractivity contribution in [1.29, 1.82) is 0 Å². The summed E-state index contributed by atoms with van der Waals surface area (Å²) in [4.78, 5) is 17.0. The zero-order chi connectivity index (χ0) is 19.1. The molecule has 1 heterocycles. The zero-order valence-electron chi connectivity index (χ0n) is 16.5. The topological polar surface area (TPSA) is 35.6 Å². The first-order valence-electron chi connectivity index (χ1n) is 9.99. The summed E-state index contributed by atoms with van der Waals surface area (Å²) >= 11 is 0. The van der Waals surface area contributed by atoms with Crippen molar-refractivity contribution in [2.24, 2.45) is 5.92 Å². The van der Waals surface area contributed by atoms with Crippen LogP contribution in [0.25, 0.3) is 0 Å². The van der Waals surface area contributed by atoms with Crippen molar-refractivity contribution in [3.05, 3.63) is 65.7 Å². The maximum Gasteiger partial charge on any atom is 0.234 e. The Labute approximate surface area is 163 Å². The molecule has 1 fully saturated rings. The van der Waals surface area contributed by atoms with Crippen LogP contribution in [-0.4, -0.2) is 43.5 Å². The van der Waals surface area contributed by atoms with E-state index in [1.807, 2.05) is 6.07 Å². The lowest BCUT2D eigenvalue weighted by Gasteiger charge is -2.22. The van der Waals surface area contributed by atoms with Crippen molar-refractivity contribution in [3.8, 4) is 0 Å². The molecule has 4 nitrogen and oxygen atoms in total. The van der Waals surface area contributed by atoms with E-state index in [2.05, 4.69) is 77.5 Å². The fraction of sp³-hybridized carbons (Fsp3) is 0.435. The summed E-state index contributed by atoms with van der Waals surface area (Å²) in [6.07, 6.45) is 1.13. The summed E-state index contributed by atoms with van der Waals surface area (Å²) in [6, 6.07) is 18.9. The molecule has 1 saturated heterocycles. The number of carbonyl (C=O) groups excluding carboxylic acids is 1. The molecule has 0 saturated carbocycles. The van der Waals surface area contributed by atoms with Crippen LogP contribution in [-0.2, 0) is 11.3 Å². The molecule has 2 aromatic rings. The maximum absolute atomic E-state index is 12.4. The van der Waals surface area contributed by atoms with Crippen LogP contribution in [0.1, 0.15) is 24.5 Å². The number of hydrogen-bond acceptors (Lipinski definition) is 3. The number of nitrogens with zero attached hydrogens (tertiary/aromatic N) is 2. The van der Waals surface area contributed by atoms with E-state index in [-0.39, 0.29) is 5.91 Å². The van der Waals surface area contributed by atoms with Crippen molar-refractivity contribution in [3.63, 3.8) is 0 Å². The van der Waals surface area contributed by atoms with E-state index in [0.717, 1.165) is 39.1 Å². The Morgan fingerprint density at radius 3 is 2.63 bits per heavy atom. The van der Waals surface area contributed by atoms with Gasteiger partial charge in [0.25, 0.3) is 0 Å². The van der Waals surface area contributed by atoms with Gasteiger partial charge in [0.1, 0.15) is 0 Å². The molecule has 0 aliphatic carbocycles. The smallest absolute Gasteiger partial charge is 0.234 e. The Morgan fingerprint density at radius 1 is 1.15 bits per heavy atom. The predicted octanol–water partition coefficient (Wildman–Crippen LogP) is 3.46. The molecule has 1 aliphatic heterocycles. The van der Waals surface area contributed by atoms with Crippen LogP contribution in [0.15, 0.2) is 54.6 Å². The van der Waals surface area contributed by atoms with Crippen LogP contribution in [0.2, 0.25) is 0 Å². The normalized spacial score (nSPS) is 16.7. The van der Waals surface area contributed by atoms with Crippen LogP contribution < -0.4 is 10.2 Å². The molecule has 1 unspecified atom stereocenters. The summed E-state index contributed by atoms with van der Waals surface area (Å²) in [5.41, 5.74) is 3.85. The van der Waals surface area contributed by atoms with Gasteiger partial charge in [-0.3, -0.25) is 9.69 Å². The van der Waals surface area contributed by atoms with Gasteiger partial charge in [0, 0.05) is 31.9 Å². The van der Waals surface area contributed by atoms with Gasteiger partial charge in [-0.1, -0.05) is 49.4 Å². The van der Waals surface area contributed by atoms with Gasteiger partial charge in [-0.25, -0.2) is 0 Å². The Morgan fingerprint density at radius 2 is 1.89 bits per heavy atom. The Balaban J connectivity index is 1.43. The summed E-state index contributed by atoms with van der Waals surface area (Å²) in [6.45, 7) is 9.24. The number of hydrogen-bond donors (Lipinski definition) is 1. The van der Waals surface area contributed by atoms with Gasteiger partial charge in [-0.15, -0.1) is 0 Å². The fourth-order valence-electron chi connectivity index (χ4n) is 3.70. The molecule has 0 radical (unpaired) electrons. The summed E-state index contributed by atoms with van der Waals surface area (Å²) in [5, 5.41) is 3.15. The lowest BCUT2D eigenvalue weighted by Crippen LogP contribution is -2.39. The highest BCUT2D eigenvalue weighted by atomic mass is 16.2. The summed E-state index contributed by atoms with van der Waals surface area (Å²) in [7, 11) is 0. The molecule has 1 atom stereocenters. The first-order valence-corrected chi connectivity index (χ1v) is 9.99. The van der Waals surface area contributed by atoms with Crippen molar-refractivity contribution in [2.75, 3.05) is 37.6 Å². The van der Waals surface area contributed by atoms with Crippen LogP contribution in [0.4, 0.5) is 5.69 Å².